The predicted octanol–water partition coefficient (Wildman–Crippen LogP) is 5.56. The number of nitrogens with one attached hydrogen (secondary N) is 2. The molecule has 0 spiro atoms. The molecule has 1 aliphatic rings. The maximum absolute atomic E-state index is 14.1. The summed E-state index contributed by atoms with van der Waals surface area (Å²) in [6.07, 6.45) is 5.79. The fraction of sp³-hybridized carbons (Fsp3) is 0.524. The first-order valence-corrected chi connectivity index (χ1v) is 10.00. The van der Waals surface area contributed by atoms with Crippen molar-refractivity contribution in [3.05, 3.63) is 35.8 Å². The van der Waals surface area contributed by atoms with Crippen LogP contribution in [0.3, 0.4) is 0 Å². The Morgan fingerprint density at radius 3 is 2.64 bits per heavy atom. The van der Waals surface area contributed by atoms with Crippen molar-refractivity contribution in [1.82, 2.24) is 5.16 Å². The first-order chi connectivity index (χ1) is 13.4. The lowest BCUT2D eigenvalue weighted by molar-refractivity contribution is 0.261. The minimum atomic E-state index is -0.447. The summed E-state index contributed by atoms with van der Waals surface area (Å²) in [4.78, 5) is 14.7. The molecule has 7 heteroatoms. The number of carbonyl (C=O) groups is 1. The van der Waals surface area contributed by atoms with Gasteiger partial charge in [0.05, 0.1) is 17.1 Å². The molecule has 152 valence electrons. The van der Waals surface area contributed by atoms with Crippen molar-refractivity contribution < 1.29 is 13.7 Å². The van der Waals surface area contributed by atoms with Crippen molar-refractivity contribution in [2.45, 2.75) is 58.9 Å². The van der Waals surface area contributed by atoms with Crippen molar-refractivity contribution >= 4 is 23.3 Å². The molecule has 0 radical (unpaired) electrons. The molecule has 1 fully saturated rings. The summed E-state index contributed by atoms with van der Waals surface area (Å²) in [5, 5.41) is 9.22. The highest BCUT2D eigenvalue weighted by atomic mass is 19.1. The van der Waals surface area contributed by atoms with E-state index in [1.807, 2.05) is 0 Å². The second kappa shape index (κ2) is 9.08. The smallest absolute Gasteiger partial charge is 0.326 e. The number of aryl methyl sites for hydroxylation is 1. The Bertz CT molecular complexity index is 799. The molecule has 28 heavy (non-hydrogen) atoms. The Morgan fingerprint density at radius 1 is 1.25 bits per heavy atom. The van der Waals surface area contributed by atoms with Crippen molar-refractivity contribution in [2.24, 2.45) is 5.92 Å². The van der Waals surface area contributed by atoms with Gasteiger partial charge in [-0.1, -0.05) is 38.3 Å². The van der Waals surface area contributed by atoms with Crippen molar-refractivity contribution in [1.29, 1.82) is 0 Å². The zero-order chi connectivity index (χ0) is 20.1. The molecule has 1 aliphatic carbocycles. The molecular weight excluding hydrogens is 359 g/mol. The molecule has 2 N–H and O–H groups in total. The number of amides is 2. The van der Waals surface area contributed by atoms with E-state index in [4.69, 9.17) is 4.52 Å². The Balaban J connectivity index is 1.83. The van der Waals surface area contributed by atoms with Crippen molar-refractivity contribution in [2.75, 3.05) is 22.1 Å². The fourth-order valence-corrected chi connectivity index (χ4v) is 3.77. The van der Waals surface area contributed by atoms with E-state index in [-0.39, 0.29) is 11.7 Å². The number of carbonyl (C=O) groups excluding carboxylic acids is 1. The monoisotopic (exact) mass is 388 g/mol. The summed E-state index contributed by atoms with van der Waals surface area (Å²) in [5.74, 6) is 0.380. The van der Waals surface area contributed by atoms with Gasteiger partial charge in [-0.05, 0) is 43.9 Å². The van der Waals surface area contributed by atoms with E-state index in [9.17, 15) is 9.18 Å². The molecule has 0 atom stereocenters. The number of nitrogens with zero attached hydrogens (tertiary/aromatic N) is 2. The number of anilines is 3. The van der Waals surface area contributed by atoms with Gasteiger partial charge in [0, 0.05) is 18.7 Å². The fourth-order valence-electron chi connectivity index (χ4n) is 3.77. The molecule has 0 bridgehead atoms. The van der Waals surface area contributed by atoms with Gasteiger partial charge in [-0.3, -0.25) is 5.32 Å². The summed E-state index contributed by atoms with van der Waals surface area (Å²) in [5.41, 5.74) is 1.99. The molecule has 6 nitrogen and oxygen atoms in total. The van der Waals surface area contributed by atoms with E-state index in [0.29, 0.717) is 23.3 Å². The van der Waals surface area contributed by atoms with E-state index >= 15 is 0 Å². The number of benzene rings is 1. The van der Waals surface area contributed by atoms with Gasteiger partial charge in [0.15, 0.2) is 0 Å². The molecule has 1 heterocycles. The first-order valence-electron chi connectivity index (χ1n) is 10.00. The van der Waals surface area contributed by atoms with Crippen LogP contribution in [0.2, 0.25) is 0 Å². The minimum absolute atomic E-state index is 0.268. The van der Waals surface area contributed by atoms with Gasteiger partial charge in [-0.2, -0.15) is 0 Å². The Hall–Kier alpha value is -2.57. The molecule has 1 saturated carbocycles. The highest BCUT2D eigenvalue weighted by Gasteiger charge is 2.25. The molecule has 1 aromatic carbocycles. The van der Waals surface area contributed by atoms with Crippen molar-refractivity contribution in [3.8, 4) is 0 Å². The van der Waals surface area contributed by atoms with E-state index < -0.39 is 6.03 Å². The average molecular weight is 388 g/mol. The van der Waals surface area contributed by atoms with Gasteiger partial charge < -0.3 is 14.7 Å². The standard InChI is InChI=1S/C21H29FN4O2/c1-14(2)13-26(17-7-5-4-6-8-17)19-12-16(22)9-10-18(19)23-21(27)24-20-11-15(3)25-28-20/h9-12,14,17H,4-8,13H2,1-3H3,(H2,23,24,27). The van der Waals surface area contributed by atoms with Crippen molar-refractivity contribution in [3.63, 3.8) is 0 Å². The zero-order valence-corrected chi connectivity index (χ0v) is 16.8. The summed E-state index contributed by atoms with van der Waals surface area (Å²) in [7, 11) is 0. The minimum Gasteiger partial charge on any atom is -0.367 e. The van der Waals surface area contributed by atoms with E-state index in [1.54, 1.807) is 19.1 Å². The quantitative estimate of drug-likeness (QED) is 0.679. The van der Waals surface area contributed by atoms with E-state index in [2.05, 4.69) is 34.5 Å². The number of rotatable bonds is 6. The van der Waals surface area contributed by atoms with Gasteiger partial charge in [0.2, 0.25) is 5.88 Å². The number of hydrogen-bond acceptors (Lipinski definition) is 4. The van der Waals surface area contributed by atoms with Crippen LogP contribution in [0, 0.1) is 18.7 Å². The lowest BCUT2D eigenvalue weighted by Gasteiger charge is -2.38. The molecular formula is C21H29FN4O2. The summed E-state index contributed by atoms with van der Waals surface area (Å²) in [6.45, 7) is 6.90. The third-order valence-electron chi connectivity index (χ3n) is 4.96. The maximum Gasteiger partial charge on any atom is 0.326 e. The van der Waals surface area contributed by atoms with Crippen LogP contribution in [-0.2, 0) is 0 Å². The number of urea groups is 1. The zero-order valence-electron chi connectivity index (χ0n) is 16.8. The highest BCUT2D eigenvalue weighted by Crippen LogP contribution is 2.34. The molecule has 0 aliphatic heterocycles. The van der Waals surface area contributed by atoms with Crippen LogP contribution in [0.25, 0.3) is 0 Å². The normalized spacial score (nSPS) is 14.9. The first kappa shape index (κ1) is 20.2. The largest absolute Gasteiger partial charge is 0.367 e. The number of halogens is 1. The molecule has 1 aromatic heterocycles. The van der Waals surface area contributed by atoms with Crippen LogP contribution < -0.4 is 15.5 Å². The Labute approximate surface area is 165 Å². The molecule has 3 rings (SSSR count). The van der Waals surface area contributed by atoms with Gasteiger partial charge in [-0.25, -0.2) is 9.18 Å². The van der Waals surface area contributed by atoms with Crippen LogP contribution >= 0.6 is 0 Å². The summed E-state index contributed by atoms with van der Waals surface area (Å²) >= 11 is 0. The molecule has 2 amide bonds. The second-order valence-corrected chi connectivity index (χ2v) is 7.91. The summed E-state index contributed by atoms with van der Waals surface area (Å²) < 4.78 is 19.1. The Kier molecular flexibility index (Phi) is 6.54. The average Bonchev–Trinajstić information content (AvgIpc) is 3.06. The van der Waals surface area contributed by atoms with E-state index in [1.165, 1.54) is 31.4 Å². The molecule has 0 unspecified atom stereocenters. The van der Waals surface area contributed by atoms with E-state index in [0.717, 1.165) is 25.1 Å². The third-order valence-corrected chi connectivity index (χ3v) is 4.96. The van der Waals surface area contributed by atoms with Gasteiger partial charge in [0.25, 0.3) is 0 Å². The Morgan fingerprint density at radius 2 is 2.00 bits per heavy atom. The summed E-state index contributed by atoms with van der Waals surface area (Å²) in [6, 6.07) is 6.05. The van der Waals surface area contributed by atoms with Gasteiger partial charge >= 0.3 is 6.03 Å². The maximum atomic E-state index is 14.1. The van der Waals surface area contributed by atoms with Crippen LogP contribution in [0.15, 0.2) is 28.8 Å². The van der Waals surface area contributed by atoms with Crippen LogP contribution in [-0.4, -0.2) is 23.8 Å². The number of aromatic nitrogens is 1. The van der Waals surface area contributed by atoms with Crippen LogP contribution in [0.5, 0.6) is 0 Å². The van der Waals surface area contributed by atoms with Crippen LogP contribution in [0.4, 0.5) is 26.4 Å². The number of hydrogen-bond donors (Lipinski definition) is 2. The molecule has 2 aromatic rings. The highest BCUT2D eigenvalue weighted by molar-refractivity contribution is 6.01. The topological polar surface area (TPSA) is 70.4 Å². The van der Waals surface area contributed by atoms with Gasteiger partial charge in [0.1, 0.15) is 5.82 Å². The molecule has 0 saturated heterocycles. The third kappa shape index (κ3) is 5.24. The van der Waals surface area contributed by atoms with Gasteiger partial charge in [-0.15, -0.1) is 0 Å². The lowest BCUT2D eigenvalue weighted by Crippen LogP contribution is -2.40. The predicted molar refractivity (Wildman–Crippen MR) is 109 cm³/mol. The van der Waals surface area contributed by atoms with Crippen LogP contribution in [0.1, 0.15) is 51.6 Å². The lowest BCUT2D eigenvalue weighted by atomic mass is 9.93. The SMILES string of the molecule is Cc1cc(NC(=O)Nc2ccc(F)cc2N(CC(C)C)C2CCCCC2)on1. The second-order valence-electron chi connectivity index (χ2n) is 7.91.